The second-order valence-electron chi connectivity index (χ2n) is 8.96. The van der Waals surface area contributed by atoms with E-state index in [9.17, 15) is 14.4 Å². The van der Waals surface area contributed by atoms with Gasteiger partial charge < -0.3 is 24.8 Å². The van der Waals surface area contributed by atoms with Crippen molar-refractivity contribution in [2.24, 2.45) is 0 Å². The Morgan fingerprint density at radius 1 is 1.00 bits per heavy atom. The zero-order chi connectivity index (χ0) is 27.2. The number of nitrogens with zero attached hydrogens (tertiary/aromatic N) is 1. The molecule has 0 unspecified atom stereocenters. The Balaban J connectivity index is 1.69. The van der Waals surface area contributed by atoms with E-state index in [1.165, 1.54) is 0 Å². The van der Waals surface area contributed by atoms with Gasteiger partial charge in [0.05, 0.1) is 26.9 Å². The van der Waals surface area contributed by atoms with Crippen molar-refractivity contribution >= 4 is 17.8 Å². The molecule has 0 radical (unpaired) electrons. The lowest BCUT2D eigenvalue weighted by atomic mass is 10.0. The first-order valence-corrected chi connectivity index (χ1v) is 12.6. The van der Waals surface area contributed by atoms with E-state index in [1.807, 2.05) is 47.4 Å². The maximum absolute atomic E-state index is 13.3. The molecule has 0 spiro atoms. The fraction of sp³-hybridized carbons (Fsp3) is 0.414. The van der Waals surface area contributed by atoms with Gasteiger partial charge in [0.2, 0.25) is 11.8 Å². The molecule has 2 amide bonds. The number of nitrogens with one attached hydrogen (secondary N) is 2. The predicted molar refractivity (Wildman–Crippen MR) is 142 cm³/mol. The number of terminal acetylenes is 1. The van der Waals surface area contributed by atoms with Crippen LogP contribution in [-0.4, -0.2) is 74.7 Å². The Morgan fingerprint density at radius 3 is 2.37 bits per heavy atom. The topological polar surface area (TPSA) is 106 Å². The minimum atomic E-state index is -0.968. The van der Waals surface area contributed by atoms with Gasteiger partial charge in [-0.2, -0.15) is 0 Å². The van der Waals surface area contributed by atoms with Crippen LogP contribution in [0.2, 0.25) is 0 Å². The quantitative estimate of drug-likeness (QED) is 0.305. The molecule has 38 heavy (non-hydrogen) atoms. The molecule has 9 heteroatoms. The Bertz CT molecular complexity index is 1080. The van der Waals surface area contributed by atoms with Crippen molar-refractivity contribution in [2.75, 3.05) is 40.0 Å². The van der Waals surface area contributed by atoms with Gasteiger partial charge in [-0.05, 0) is 29.7 Å². The maximum atomic E-state index is 13.3. The van der Waals surface area contributed by atoms with E-state index in [1.54, 1.807) is 19.2 Å². The van der Waals surface area contributed by atoms with Gasteiger partial charge in [-0.3, -0.25) is 14.5 Å². The van der Waals surface area contributed by atoms with Crippen LogP contribution >= 0.6 is 0 Å². The lowest BCUT2D eigenvalue weighted by molar-refractivity contribution is -0.149. The summed E-state index contributed by atoms with van der Waals surface area (Å²) in [6, 6.07) is 14.6. The van der Waals surface area contributed by atoms with Crippen LogP contribution in [0.3, 0.4) is 0 Å². The molecular formula is C29H35N3O6. The van der Waals surface area contributed by atoms with E-state index in [2.05, 4.69) is 16.6 Å². The summed E-state index contributed by atoms with van der Waals surface area (Å²) in [7, 11) is 1.57. The van der Waals surface area contributed by atoms with Crippen LogP contribution in [0.1, 0.15) is 24.0 Å². The van der Waals surface area contributed by atoms with Crippen molar-refractivity contribution < 1.29 is 28.6 Å². The number of ether oxygens (including phenoxy) is 3. The molecule has 0 bridgehead atoms. The maximum Gasteiger partial charge on any atom is 0.329 e. The number of amides is 2. The van der Waals surface area contributed by atoms with Crippen molar-refractivity contribution in [3.63, 3.8) is 0 Å². The molecule has 0 aromatic heterocycles. The lowest BCUT2D eigenvalue weighted by Crippen LogP contribution is -2.54. The van der Waals surface area contributed by atoms with Crippen LogP contribution in [0.4, 0.5) is 0 Å². The number of rotatable bonds is 13. The number of hydrogen-bond acceptors (Lipinski definition) is 7. The zero-order valence-corrected chi connectivity index (χ0v) is 21.7. The molecule has 9 nitrogen and oxygen atoms in total. The highest BCUT2D eigenvalue weighted by Crippen LogP contribution is 2.14. The van der Waals surface area contributed by atoms with Crippen LogP contribution in [0.15, 0.2) is 54.6 Å². The summed E-state index contributed by atoms with van der Waals surface area (Å²) in [6.45, 7) is 2.64. The molecule has 1 aliphatic heterocycles. The molecule has 1 saturated heterocycles. The molecule has 2 atom stereocenters. The molecular weight excluding hydrogens is 486 g/mol. The smallest absolute Gasteiger partial charge is 0.329 e. The number of benzene rings is 2. The van der Waals surface area contributed by atoms with Gasteiger partial charge >= 0.3 is 5.97 Å². The SMILES string of the molecule is C#CCC[C@H](NC(=O)CN1CCOCC1)C(=O)N[C@@H](Cc1ccc(OC)cc1)C(=O)OCc1ccccc1. The number of hydrogen-bond donors (Lipinski definition) is 2. The van der Waals surface area contributed by atoms with Crippen molar-refractivity contribution in [1.29, 1.82) is 0 Å². The van der Waals surface area contributed by atoms with E-state index in [0.29, 0.717) is 32.1 Å². The van der Waals surface area contributed by atoms with Crippen molar-refractivity contribution in [2.45, 2.75) is 38.0 Å². The van der Waals surface area contributed by atoms with Gasteiger partial charge in [0.15, 0.2) is 0 Å². The van der Waals surface area contributed by atoms with E-state index >= 15 is 0 Å². The number of carbonyl (C=O) groups excluding carboxylic acids is 3. The summed E-state index contributed by atoms with van der Waals surface area (Å²) in [5.74, 6) is 1.83. The van der Waals surface area contributed by atoms with Crippen LogP contribution in [0.5, 0.6) is 5.75 Å². The number of esters is 1. The fourth-order valence-corrected chi connectivity index (χ4v) is 3.99. The van der Waals surface area contributed by atoms with Crippen LogP contribution in [0, 0.1) is 12.3 Å². The lowest BCUT2D eigenvalue weighted by Gasteiger charge is -2.27. The van der Waals surface area contributed by atoms with Gasteiger partial charge in [-0.1, -0.05) is 42.5 Å². The Morgan fingerprint density at radius 2 is 1.71 bits per heavy atom. The first-order valence-electron chi connectivity index (χ1n) is 12.6. The summed E-state index contributed by atoms with van der Waals surface area (Å²) in [6.07, 6.45) is 6.16. The van der Waals surface area contributed by atoms with Gasteiger partial charge in [-0.25, -0.2) is 4.79 Å². The molecule has 202 valence electrons. The third-order valence-corrected chi connectivity index (χ3v) is 6.12. The number of carbonyl (C=O) groups is 3. The summed E-state index contributed by atoms with van der Waals surface area (Å²) < 4.78 is 16.1. The summed E-state index contributed by atoms with van der Waals surface area (Å²) in [5, 5.41) is 5.57. The standard InChI is InChI=1S/C29H35N3O6/c1-3-4-10-25(30-27(33)20-32-15-17-37-18-16-32)28(34)31-26(19-22-11-13-24(36-2)14-12-22)29(35)38-21-23-8-6-5-7-9-23/h1,5-9,11-14,25-26H,4,10,15-21H2,2H3,(H,30,33)(H,31,34)/t25-,26-/m0/s1. The average molecular weight is 522 g/mol. The Kier molecular flexibility index (Phi) is 11.6. The van der Waals surface area contributed by atoms with Crippen LogP contribution < -0.4 is 15.4 Å². The highest BCUT2D eigenvalue weighted by atomic mass is 16.5. The molecule has 0 aliphatic carbocycles. The van der Waals surface area contributed by atoms with E-state index in [0.717, 1.165) is 11.1 Å². The highest BCUT2D eigenvalue weighted by molar-refractivity contribution is 5.91. The monoisotopic (exact) mass is 521 g/mol. The second-order valence-corrected chi connectivity index (χ2v) is 8.96. The molecule has 3 rings (SSSR count). The normalized spacial score (nSPS) is 14.9. The largest absolute Gasteiger partial charge is 0.497 e. The first-order chi connectivity index (χ1) is 18.5. The average Bonchev–Trinajstić information content (AvgIpc) is 2.95. The van der Waals surface area contributed by atoms with Crippen LogP contribution in [0.25, 0.3) is 0 Å². The third-order valence-electron chi connectivity index (χ3n) is 6.12. The third kappa shape index (κ3) is 9.54. The fourth-order valence-electron chi connectivity index (χ4n) is 3.99. The van der Waals surface area contributed by atoms with Gasteiger partial charge in [-0.15, -0.1) is 12.3 Å². The Labute approximate surface area is 223 Å². The first kappa shape index (κ1) is 28.7. The molecule has 2 aromatic rings. The van der Waals surface area contributed by atoms with Gasteiger partial charge in [0.25, 0.3) is 0 Å². The van der Waals surface area contributed by atoms with Crippen molar-refractivity contribution in [1.82, 2.24) is 15.5 Å². The predicted octanol–water partition coefficient (Wildman–Crippen LogP) is 1.70. The molecule has 2 N–H and O–H groups in total. The molecule has 2 aromatic carbocycles. The summed E-state index contributed by atoms with van der Waals surface area (Å²) >= 11 is 0. The van der Waals surface area contributed by atoms with E-state index in [4.69, 9.17) is 20.6 Å². The number of morpholine rings is 1. The van der Waals surface area contributed by atoms with E-state index < -0.39 is 24.0 Å². The zero-order valence-electron chi connectivity index (χ0n) is 21.7. The summed E-state index contributed by atoms with van der Waals surface area (Å²) in [4.78, 5) is 41.1. The van der Waals surface area contributed by atoms with Gasteiger partial charge in [0.1, 0.15) is 24.4 Å². The molecule has 1 fully saturated rings. The molecule has 1 aliphatic rings. The highest BCUT2D eigenvalue weighted by Gasteiger charge is 2.28. The van der Waals surface area contributed by atoms with Crippen molar-refractivity contribution in [3.8, 4) is 18.1 Å². The molecule has 1 heterocycles. The second kappa shape index (κ2) is 15.4. The van der Waals surface area contributed by atoms with Crippen LogP contribution in [-0.2, 0) is 36.9 Å². The van der Waals surface area contributed by atoms with Crippen molar-refractivity contribution in [3.05, 3.63) is 65.7 Å². The number of methoxy groups -OCH3 is 1. The molecule has 0 saturated carbocycles. The van der Waals surface area contributed by atoms with E-state index in [-0.39, 0.29) is 38.3 Å². The summed E-state index contributed by atoms with van der Waals surface area (Å²) in [5.41, 5.74) is 1.64. The van der Waals surface area contributed by atoms with Gasteiger partial charge in [0, 0.05) is 25.9 Å². The minimum Gasteiger partial charge on any atom is -0.497 e. The Hall–Kier alpha value is -3.87. The minimum absolute atomic E-state index is 0.0749.